The first kappa shape index (κ1) is 14.8. The molecule has 0 bridgehead atoms. The van der Waals surface area contributed by atoms with Gasteiger partial charge in [0.2, 0.25) is 5.88 Å². The molecule has 0 radical (unpaired) electrons. The smallest absolute Gasteiger partial charge is 0.237 e. The minimum atomic E-state index is -0.241. The van der Waals surface area contributed by atoms with E-state index < -0.39 is 0 Å². The van der Waals surface area contributed by atoms with Gasteiger partial charge in [0.1, 0.15) is 5.82 Å². The van der Waals surface area contributed by atoms with Crippen LogP contribution in [0.15, 0.2) is 41.0 Å². The molecule has 1 atom stereocenters. The summed E-state index contributed by atoms with van der Waals surface area (Å²) in [6.07, 6.45) is 1.67. The Hall–Kier alpha value is -1.62. The van der Waals surface area contributed by atoms with E-state index in [0.717, 1.165) is 10.2 Å². The van der Waals surface area contributed by atoms with Gasteiger partial charge in [0.05, 0.1) is 18.3 Å². The maximum absolute atomic E-state index is 13.9. The van der Waals surface area contributed by atoms with Crippen molar-refractivity contribution in [3.63, 3.8) is 0 Å². The molecule has 5 heteroatoms. The average molecular weight is 339 g/mol. The van der Waals surface area contributed by atoms with E-state index in [4.69, 9.17) is 4.74 Å². The van der Waals surface area contributed by atoms with Gasteiger partial charge in [0, 0.05) is 16.2 Å². The highest BCUT2D eigenvalue weighted by molar-refractivity contribution is 9.10. The molecule has 0 aliphatic carbocycles. The fraction of sp³-hybridized carbons (Fsp3) is 0.267. The number of aromatic nitrogens is 1. The Morgan fingerprint density at radius 1 is 1.40 bits per heavy atom. The number of pyridine rings is 1. The van der Waals surface area contributed by atoms with Gasteiger partial charge < -0.3 is 10.1 Å². The van der Waals surface area contributed by atoms with Crippen LogP contribution in [0.1, 0.15) is 25.5 Å². The summed E-state index contributed by atoms with van der Waals surface area (Å²) in [5, 5.41) is 3.23. The predicted molar refractivity (Wildman–Crippen MR) is 81.5 cm³/mol. The first-order valence-corrected chi connectivity index (χ1v) is 7.20. The topological polar surface area (TPSA) is 34.1 Å². The van der Waals surface area contributed by atoms with E-state index in [9.17, 15) is 4.39 Å². The van der Waals surface area contributed by atoms with Crippen LogP contribution in [-0.2, 0) is 0 Å². The molecule has 2 rings (SSSR count). The van der Waals surface area contributed by atoms with Gasteiger partial charge in [-0.05, 0) is 44.2 Å². The third kappa shape index (κ3) is 3.48. The van der Waals surface area contributed by atoms with Crippen LogP contribution < -0.4 is 10.1 Å². The summed E-state index contributed by atoms with van der Waals surface area (Å²) in [4.78, 5) is 4.17. The zero-order valence-corrected chi connectivity index (χ0v) is 12.9. The Balaban J connectivity index is 2.23. The molecule has 20 heavy (non-hydrogen) atoms. The lowest BCUT2D eigenvalue weighted by Gasteiger charge is -2.18. The van der Waals surface area contributed by atoms with Gasteiger partial charge >= 0.3 is 0 Å². The summed E-state index contributed by atoms with van der Waals surface area (Å²) in [6.45, 7) is 4.33. The first-order chi connectivity index (χ1) is 9.61. The van der Waals surface area contributed by atoms with Crippen molar-refractivity contribution < 1.29 is 9.13 Å². The Kier molecular flexibility index (Phi) is 4.95. The van der Waals surface area contributed by atoms with Crippen molar-refractivity contribution in [1.29, 1.82) is 0 Å². The minimum absolute atomic E-state index is 0.198. The Morgan fingerprint density at radius 2 is 2.20 bits per heavy atom. The van der Waals surface area contributed by atoms with Gasteiger partial charge in [-0.15, -0.1) is 0 Å². The number of nitrogens with one attached hydrogen (secondary N) is 1. The number of rotatable bonds is 5. The summed E-state index contributed by atoms with van der Waals surface area (Å²) in [7, 11) is 0. The van der Waals surface area contributed by atoms with Crippen molar-refractivity contribution in [2.45, 2.75) is 19.9 Å². The molecular weight excluding hydrogens is 323 g/mol. The first-order valence-electron chi connectivity index (χ1n) is 6.41. The predicted octanol–water partition coefficient (Wildman–Crippen LogP) is 4.56. The number of benzene rings is 1. The van der Waals surface area contributed by atoms with Gasteiger partial charge in [-0.1, -0.05) is 15.9 Å². The van der Waals surface area contributed by atoms with Crippen molar-refractivity contribution in [3.05, 3.63) is 52.4 Å². The van der Waals surface area contributed by atoms with Crippen LogP contribution in [0.5, 0.6) is 5.88 Å². The van der Waals surface area contributed by atoms with E-state index in [1.54, 1.807) is 18.3 Å². The number of nitrogens with zero attached hydrogens (tertiary/aromatic N) is 1. The number of halogens is 2. The van der Waals surface area contributed by atoms with Crippen molar-refractivity contribution in [2.75, 3.05) is 11.9 Å². The summed E-state index contributed by atoms with van der Waals surface area (Å²) < 4.78 is 20.2. The van der Waals surface area contributed by atoms with E-state index in [1.807, 2.05) is 26.0 Å². The molecule has 1 heterocycles. The van der Waals surface area contributed by atoms with Gasteiger partial charge in [-0.25, -0.2) is 9.37 Å². The van der Waals surface area contributed by atoms with Crippen LogP contribution in [0.3, 0.4) is 0 Å². The summed E-state index contributed by atoms with van der Waals surface area (Å²) in [5.41, 5.74) is 1.34. The molecule has 106 valence electrons. The van der Waals surface area contributed by atoms with Crippen LogP contribution in [0.4, 0.5) is 10.1 Å². The van der Waals surface area contributed by atoms with E-state index in [1.165, 1.54) is 6.07 Å². The molecular formula is C15H16BrFN2O. The lowest BCUT2D eigenvalue weighted by molar-refractivity contribution is 0.328. The second-order valence-corrected chi connectivity index (χ2v) is 5.24. The molecule has 1 aromatic heterocycles. The standard InChI is InChI=1S/C15H16BrFN2O/c1-3-20-15-14(5-4-8-18-15)19-10(2)12-9-11(16)6-7-13(12)17/h4-10,19H,3H2,1-2H3. The van der Waals surface area contributed by atoms with Crippen LogP contribution in [0.25, 0.3) is 0 Å². The number of hydrogen-bond acceptors (Lipinski definition) is 3. The van der Waals surface area contributed by atoms with Crippen LogP contribution in [0.2, 0.25) is 0 Å². The SMILES string of the molecule is CCOc1ncccc1NC(C)c1cc(Br)ccc1F. The minimum Gasteiger partial charge on any atom is -0.476 e. The maximum atomic E-state index is 13.9. The molecule has 0 fully saturated rings. The molecule has 1 aromatic carbocycles. The largest absolute Gasteiger partial charge is 0.476 e. The second-order valence-electron chi connectivity index (χ2n) is 4.32. The Labute approximate surface area is 126 Å². The Bertz CT molecular complexity index is 592. The van der Waals surface area contributed by atoms with Crippen molar-refractivity contribution >= 4 is 21.6 Å². The third-order valence-corrected chi connectivity index (χ3v) is 3.34. The Morgan fingerprint density at radius 3 is 2.95 bits per heavy atom. The molecule has 0 aliphatic rings. The van der Waals surface area contributed by atoms with E-state index in [-0.39, 0.29) is 11.9 Å². The van der Waals surface area contributed by atoms with Gasteiger partial charge in [0.15, 0.2) is 0 Å². The van der Waals surface area contributed by atoms with Crippen LogP contribution >= 0.6 is 15.9 Å². The number of hydrogen-bond donors (Lipinski definition) is 1. The fourth-order valence-corrected chi connectivity index (χ4v) is 2.29. The summed E-state index contributed by atoms with van der Waals surface area (Å²) >= 11 is 3.36. The van der Waals surface area contributed by atoms with Gasteiger partial charge in [0.25, 0.3) is 0 Å². The number of anilines is 1. The lowest BCUT2D eigenvalue weighted by Crippen LogP contribution is -2.10. The second kappa shape index (κ2) is 6.70. The zero-order chi connectivity index (χ0) is 14.5. The third-order valence-electron chi connectivity index (χ3n) is 2.85. The van der Waals surface area contributed by atoms with E-state index >= 15 is 0 Å². The summed E-state index contributed by atoms with van der Waals surface area (Å²) in [6, 6.07) is 8.38. The lowest BCUT2D eigenvalue weighted by atomic mass is 10.1. The molecule has 2 aromatic rings. The summed E-state index contributed by atoms with van der Waals surface area (Å²) in [5.74, 6) is 0.285. The van der Waals surface area contributed by atoms with Crippen molar-refractivity contribution in [1.82, 2.24) is 4.98 Å². The zero-order valence-electron chi connectivity index (χ0n) is 11.4. The molecule has 0 saturated heterocycles. The van der Waals surface area contributed by atoms with Gasteiger partial charge in [-0.3, -0.25) is 0 Å². The average Bonchev–Trinajstić information content (AvgIpc) is 2.44. The highest BCUT2D eigenvalue weighted by atomic mass is 79.9. The molecule has 0 spiro atoms. The van der Waals surface area contributed by atoms with Crippen molar-refractivity contribution in [3.8, 4) is 5.88 Å². The normalized spacial score (nSPS) is 12.0. The maximum Gasteiger partial charge on any atom is 0.237 e. The highest BCUT2D eigenvalue weighted by Crippen LogP contribution is 2.28. The van der Waals surface area contributed by atoms with Crippen molar-refractivity contribution in [2.24, 2.45) is 0 Å². The molecule has 3 nitrogen and oxygen atoms in total. The highest BCUT2D eigenvalue weighted by Gasteiger charge is 2.13. The number of ether oxygens (including phenoxy) is 1. The quantitative estimate of drug-likeness (QED) is 0.867. The van der Waals surface area contributed by atoms with Gasteiger partial charge in [-0.2, -0.15) is 0 Å². The molecule has 0 aliphatic heterocycles. The van der Waals surface area contributed by atoms with Crippen LogP contribution in [0, 0.1) is 5.82 Å². The van der Waals surface area contributed by atoms with Crippen LogP contribution in [-0.4, -0.2) is 11.6 Å². The molecule has 1 N–H and O–H groups in total. The van der Waals surface area contributed by atoms with E-state index in [0.29, 0.717) is 18.1 Å². The monoisotopic (exact) mass is 338 g/mol. The van der Waals surface area contributed by atoms with E-state index in [2.05, 4.69) is 26.2 Å². The molecule has 1 unspecified atom stereocenters. The molecule has 0 amide bonds. The molecule has 0 saturated carbocycles. The fourth-order valence-electron chi connectivity index (χ4n) is 1.91.